The quantitative estimate of drug-likeness (QED) is 0.832. The molecule has 0 spiro atoms. The SMILES string of the molecule is CC1CCC(NCC(C)(C)NC(=O)OC(C)(C)C)CC1C. The second-order valence-corrected chi connectivity index (χ2v) is 8.36. The number of carbonyl (C=O) groups excluding carboxylic acids is 1. The Morgan fingerprint density at radius 2 is 1.71 bits per heavy atom. The summed E-state index contributed by atoms with van der Waals surface area (Å²) in [4.78, 5) is 11.9. The van der Waals surface area contributed by atoms with Gasteiger partial charge in [-0.2, -0.15) is 0 Å². The second-order valence-electron chi connectivity index (χ2n) is 8.36. The number of ether oxygens (including phenoxy) is 1. The molecule has 0 radical (unpaired) electrons. The highest BCUT2D eigenvalue weighted by atomic mass is 16.6. The van der Waals surface area contributed by atoms with Gasteiger partial charge in [-0.15, -0.1) is 0 Å². The highest BCUT2D eigenvalue weighted by Crippen LogP contribution is 2.29. The van der Waals surface area contributed by atoms with Crippen molar-refractivity contribution in [2.45, 2.75) is 84.9 Å². The van der Waals surface area contributed by atoms with E-state index in [-0.39, 0.29) is 11.6 Å². The van der Waals surface area contributed by atoms with E-state index < -0.39 is 5.60 Å². The second kappa shape index (κ2) is 6.99. The van der Waals surface area contributed by atoms with Gasteiger partial charge in [0.05, 0.1) is 5.54 Å². The van der Waals surface area contributed by atoms with E-state index in [2.05, 4.69) is 24.5 Å². The molecule has 0 aromatic carbocycles. The van der Waals surface area contributed by atoms with Crippen molar-refractivity contribution in [2.75, 3.05) is 6.54 Å². The number of amides is 1. The molecule has 1 rings (SSSR count). The maximum atomic E-state index is 11.9. The molecule has 3 unspecified atom stereocenters. The summed E-state index contributed by atoms with van der Waals surface area (Å²) < 4.78 is 5.32. The van der Waals surface area contributed by atoms with E-state index in [9.17, 15) is 4.79 Å². The fraction of sp³-hybridized carbons (Fsp3) is 0.941. The molecule has 0 saturated heterocycles. The van der Waals surface area contributed by atoms with E-state index in [0.29, 0.717) is 6.04 Å². The smallest absolute Gasteiger partial charge is 0.408 e. The molecule has 1 saturated carbocycles. The maximum absolute atomic E-state index is 11.9. The van der Waals surface area contributed by atoms with Gasteiger partial charge in [0.25, 0.3) is 0 Å². The Hall–Kier alpha value is -0.770. The minimum atomic E-state index is -0.456. The van der Waals surface area contributed by atoms with Gasteiger partial charge < -0.3 is 15.4 Å². The van der Waals surface area contributed by atoms with E-state index in [1.807, 2.05) is 34.6 Å². The van der Waals surface area contributed by atoms with Crippen LogP contribution in [0.5, 0.6) is 0 Å². The van der Waals surface area contributed by atoms with E-state index >= 15 is 0 Å². The summed E-state index contributed by atoms with van der Waals surface area (Å²) in [5.74, 6) is 1.61. The lowest BCUT2D eigenvalue weighted by atomic mass is 9.79. The van der Waals surface area contributed by atoms with E-state index in [1.165, 1.54) is 19.3 Å². The third-order valence-electron chi connectivity index (χ3n) is 4.27. The molecule has 1 fully saturated rings. The summed E-state index contributed by atoms with van der Waals surface area (Å²) in [7, 11) is 0. The molecule has 0 aromatic rings. The molecule has 1 aliphatic rings. The van der Waals surface area contributed by atoms with Crippen LogP contribution in [0.1, 0.15) is 67.7 Å². The van der Waals surface area contributed by atoms with Crippen LogP contribution >= 0.6 is 0 Å². The van der Waals surface area contributed by atoms with Gasteiger partial charge in [-0.1, -0.05) is 13.8 Å². The Labute approximate surface area is 130 Å². The molecule has 21 heavy (non-hydrogen) atoms. The first-order chi connectivity index (χ1) is 9.48. The Morgan fingerprint density at radius 1 is 1.10 bits per heavy atom. The highest BCUT2D eigenvalue weighted by molar-refractivity contribution is 5.68. The molecular weight excluding hydrogens is 264 g/mol. The van der Waals surface area contributed by atoms with Crippen molar-refractivity contribution in [1.82, 2.24) is 10.6 Å². The van der Waals surface area contributed by atoms with Crippen LogP contribution < -0.4 is 10.6 Å². The van der Waals surface area contributed by atoms with Gasteiger partial charge in [0.1, 0.15) is 5.60 Å². The van der Waals surface area contributed by atoms with E-state index in [1.54, 1.807) is 0 Å². The van der Waals surface area contributed by atoms with Crippen molar-refractivity contribution in [3.05, 3.63) is 0 Å². The van der Waals surface area contributed by atoms with Crippen LogP contribution in [-0.2, 0) is 4.74 Å². The molecule has 1 aliphatic carbocycles. The van der Waals surface area contributed by atoms with E-state index in [4.69, 9.17) is 4.74 Å². The average molecular weight is 298 g/mol. The number of nitrogens with one attached hydrogen (secondary N) is 2. The molecule has 2 N–H and O–H groups in total. The van der Waals surface area contributed by atoms with Crippen molar-refractivity contribution in [2.24, 2.45) is 11.8 Å². The van der Waals surface area contributed by atoms with Crippen molar-refractivity contribution in [3.8, 4) is 0 Å². The molecule has 4 heteroatoms. The zero-order valence-electron chi connectivity index (χ0n) is 14.9. The maximum Gasteiger partial charge on any atom is 0.408 e. The van der Waals surface area contributed by atoms with Crippen LogP contribution in [0.3, 0.4) is 0 Å². The van der Waals surface area contributed by atoms with Gasteiger partial charge in [-0.25, -0.2) is 4.79 Å². The van der Waals surface area contributed by atoms with Crippen LogP contribution in [0.15, 0.2) is 0 Å². The van der Waals surface area contributed by atoms with E-state index in [0.717, 1.165) is 18.4 Å². The predicted molar refractivity (Wildman–Crippen MR) is 87.4 cm³/mol. The summed E-state index contributed by atoms with van der Waals surface area (Å²) in [6.07, 6.45) is 3.40. The monoisotopic (exact) mass is 298 g/mol. The molecule has 124 valence electrons. The van der Waals surface area contributed by atoms with Gasteiger partial charge in [-0.3, -0.25) is 0 Å². The van der Waals surface area contributed by atoms with Gasteiger partial charge >= 0.3 is 6.09 Å². The van der Waals surface area contributed by atoms with Gasteiger partial charge in [0, 0.05) is 12.6 Å². The Bertz CT molecular complexity index is 347. The molecular formula is C17H34N2O2. The lowest BCUT2D eigenvalue weighted by molar-refractivity contribution is 0.0469. The summed E-state index contributed by atoms with van der Waals surface area (Å²) in [6.45, 7) is 15.1. The minimum Gasteiger partial charge on any atom is -0.444 e. The summed E-state index contributed by atoms with van der Waals surface area (Å²) in [5.41, 5.74) is -0.767. The lowest BCUT2D eigenvalue weighted by Crippen LogP contribution is -2.53. The van der Waals surface area contributed by atoms with Crippen LogP contribution in [-0.4, -0.2) is 29.8 Å². The highest BCUT2D eigenvalue weighted by Gasteiger charge is 2.28. The molecule has 0 aliphatic heterocycles. The van der Waals surface area contributed by atoms with Gasteiger partial charge in [-0.05, 0) is 65.7 Å². The van der Waals surface area contributed by atoms with Crippen LogP contribution in [0.25, 0.3) is 0 Å². The average Bonchev–Trinajstić information content (AvgIpc) is 2.27. The Kier molecular flexibility index (Phi) is 6.09. The normalized spacial score (nSPS) is 27.3. The topological polar surface area (TPSA) is 50.4 Å². The fourth-order valence-corrected chi connectivity index (χ4v) is 2.76. The predicted octanol–water partition coefficient (Wildman–Crippen LogP) is 3.70. The molecule has 3 atom stereocenters. The summed E-state index contributed by atoms with van der Waals surface area (Å²) >= 11 is 0. The fourth-order valence-electron chi connectivity index (χ4n) is 2.76. The number of hydrogen-bond acceptors (Lipinski definition) is 3. The molecule has 0 aromatic heterocycles. The third-order valence-corrected chi connectivity index (χ3v) is 4.27. The Morgan fingerprint density at radius 3 is 2.24 bits per heavy atom. The molecule has 0 bridgehead atoms. The van der Waals surface area contributed by atoms with Crippen LogP contribution in [0.2, 0.25) is 0 Å². The first kappa shape index (κ1) is 18.3. The first-order valence-electron chi connectivity index (χ1n) is 8.23. The third kappa shape index (κ3) is 7.16. The van der Waals surface area contributed by atoms with Crippen molar-refractivity contribution >= 4 is 6.09 Å². The zero-order chi connectivity index (χ0) is 16.3. The first-order valence-corrected chi connectivity index (χ1v) is 8.23. The number of rotatable bonds is 4. The summed E-state index contributed by atoms with van der Waals surface area (Å²) in [5, 5.41) is 6.56. The Balaban J connectivity index is 2.37. The minimum absolute atomic E-state index is 0.311. The molecule has 0 heterocycles. The van der Waals surface area contributed by atoms with Gasteiger partial charge in [0.15, 0.2) is 0 Å². The van der Waals surface area contributed by atoms with Crippen molar-refractivity contribution in [1.29, 1.82) is 0 Å². The van der Waals surface area contributed by atoms with Crippen LogP contribution in [0.4, 0.5) is 4.79 Å². The summed E-state index contributed by atoms with van der Waals surface area (Å²) in [6, 6.07) is 0.566. The lowest BCUT2D eigenvalue weighted by Gasteiger charge is -2.35. The van der Waals surface area contributed by atoms with Crippen molar-refractivity contribution < 1.29 is 9.53 Å². The number of hydrogen-bond donors (Lipinski definition) is 2. The molecule has 1 amide bonds. The zero-order valence-corrected chi connectivity index (χ0v) is 14.9. The number of alkyl carbamates (subject to hydrolysis) is 1. The van der Waals surface area contributed by atoms with Crippen LogP contribution in [0, 0.1) is 11.8 Å². The number of carbonyl (C=O) groups is 1. The van der Waals surface area contributed by atoms with Gasteiger partial charge in [0.2, 0.25) is 0 Å². The molecule has 4 nitrogen and oxygen atoms in total. The largest absolute Gasteiger partial charge is 0.444 e. The van der Waals surface area contributed by atoms with Crippen molar-refractivity contribution in [3.63, 3.8) is 0 Å². The standard InChI is InChI=1S/C17H34N2O2/c1-12-8-9-14(10-13(12)2)18-11-17(6,7)19-15(20)21-16(3,4)5/h12-14,18H,8-11H2,1-7H3,(H,19,20).